The zero-order valence-electron chi connectivity index (χ0n) is 26.4. The minimum atomic E-state index is -4.02. The average Bonchev–Trinajstić information content (AvgIpc) is 3.79. The number of hydrogen-bond acceptors (Lipinski definition) is 5. The molecule has 0 spiro atoms. The van der Waals surface area contributed by atoms with Crippen LogP contribution in [0.15, 0.2) is 161 Å². The van der Waals surface area contributed by atoms with Crippen LogP contribution in [0.25, 0.3) is 11.3 Å². The summed E-state index contributed by atoms with van der Waals surface area (Å²) < 4.78 is 37.2. The highest BCUT2D eigenvalue weighted by Crippen LogP contribution is 2.49. The van der Waals surface area contributed by atoms with Gasteiger partial charge in [0.25, 0.3) is 5.91 Å². The van der Waals surface area contributed by atoms with Crippen LogP contribution in [0.1, 0.15) is 56.6 Å². The van der Waals surface area contributed by atoms with E-state index in [9.17, 15) is 13.2 Å². The summed E-state index contributed by atoms with van der Waals surface area (Å²) in [5, 5.41) is 6.58. The molecule has 240 valence electrons. The second-order valence-corrected chi connectivity index (χ2v) is 13.8. The van der Waals surface area contributed by atoms with Crippen LogP contribution in [0, 0.1) is 6.92 Å². The molecular weight excluding hydrogens is 619 g/mol. The van der Waals surface area contributed by atoms with E-state index in [0.717, 1.165) is 27.8 Å². The van der Waals surface area contributed by atoms with Crippen molar-refractivity contribution in [3.63, 3.8) is 0 Å². The molecule has 1 aromatic heterocycles. The van der Waals surface area contributed by atoms with Crippen molar-refractivity contribution in [3.8, 4) is 11.3 Å². The Kier molecular flexibility index (Phi) is 8.78. The molecule has 3 atom stereocenters. The van der Waals surface area contributed by atoms with E-state index < -0.39 is 22.2 Å². The van der Waals surface area contributed by atoms with Crippen LogP contribution in [-0.4, -0.2) is 18.6 Å². The first-order valence-electron chi connectivity index (χ1n) is 15.9. The summed E-state index contributed by atoms with van der Waals surface area (Å²) in [6, 6.07) is 46.2. The van der Waals surface area contributed by atoms with E-state index in [4.69, 9.17) is 4.42 Å². The molecule has 0 saturated carbocycles. The third kappa shape index (κ3) is 6.33. The van der Waals surface area contributed by atoms with E-state index in [-0.39, 0.29) is 16.8 Å². The van der Waals surface area contributed by atoms with E-state index in [1.807, 2.05) is 134 Å². The Hall–Kier alpha value is -5.28. The molecule has 48 heavy (non-hydrogen) atoms. The number of nitrogens with one attached hydrogen (secondary N) is 2. The monoisotopic (exact) mass is 653 g/mol. The van der Waals surface area contributed by atoms with Crippen molar-refractivity contribution in [2.45, 2.75) is 36.6 Å². The van der Waals surface area contributed by atoms with E-state index in [1.54, 1.807) is 28.6 Å². The first-order chi connectivity index (χ1) is 23.4. The van der Waals surface area contributed by atoms with Gasteiger partial charge in [0.15, 0.2) is 0 Å². The molecule has 0 radical (unpaired) electrons. The van der Waals surface area contributed by atoms with Crippen molar-refractivity contribution < 1.29 is 17.6 Å². The number of amides is 1. The molecule has 0 bridgehead atoms. The Morgan fingerprint density at radius 3 is 1.98 bits per heavy atom. The molecule has 5 aromatic carbocycles. The zero-order valence-corrected chi connectivity index (χ0v) is 27.2. The smallest absolute Gasteiger partial charge is 0.251 e. The number of nitrogens with zero attached hydrogens (tertiary/aromatic N) is 1. The zero-order chi connectivity index (χ0) is 33.1. The van der Waals surface area contributed by atoms with Gasteiger partial charge < -0.3 is 9.73 Å². The molecule has 7 rings (SSSR count). The predicted molar refractivity (Wildman–Crippen MR) is 186 cm³/mol. The fraction of sp³-hybridized carbons (Fsp3) is 0.125. The lowest BCUT2D eigenvalue weighted by molar-refractivity contribution is 0.0951. The number of sulfonamides is 1. The molecule has 0 aliphatic carbocycles. The first kappa shape index (κ1) is 31.3. The Bertz CT molecular complexity index is 2100. The van der Waals surface area contributed by atoms with Gasteiger partial charge in [0.1, 0.15) is 17.7 Å². The highest BCUT2D eigenvalue weighted by Gasteiger charge is 2.50. The highest BCUT2D eigenvalue weighted by atomic mass is 32.2. The lowest BCUT2D eigenvalue weighted by atomic mass is 9.95. The average molecular weight is 654 g/mol. The molecule has 6 aromatic rings. The standard InChI is InChI=1S/C40H35N3O4S/c1-28-17-23-34(24-18-28)48(45,46)43-38(32-15-9-4-10-16-32)37(31-13-7-3-8-14-31)42-39(43)36-26-25-35(47-36)30-19-21-33(22-20-30)40(44)41-27-29-11-5-2-6-12-29/h2-26,37-39,42H,27H2,1H3,(H,41,44)/t37-,38-,39?/m1/s1. The number of carbonyl (C=O) groups is 1. The molecule has 1 fully saturated rings. The number of aryl methyl sites for hydroxylation is 1. The van der Waals surface area contributed by atoms with E-state index in [0.29, 0.717) is 23.6 Å². The fourth-order valence-corrected chi connectivity index (χ4v) is 7.93. The lowest BCUT2D eigenvalue weighted by Crippen LogP contribution is -2.35. The first-order valence-corrected chi connectivity index (χ1v) is 17.3. The highest BCUT2D eigenvalue weighted by molar-refractivity contribution is 7.89. The fourth-order valence-electron chi connectivity index (χ4n) is 6.22. The Balaban J connectivity index is 1.23. The van der Waals surface area contributed by atoms with Gasteiger partial charge in [0.05, 0.1) is 17.0 Å². The summed E-state index contributed by atoms with van der Waals surface area (Å²) >= 11 is 0. The molecule has 7 nitrogen and oxygen atoms in total. The summed E-state index contributed by atoms with van der Waals surface area (Å²) in [6.45, 7) is 2.37. The summed E-state index contributed by atoms with van der Waals surface area (Å²) in [7, 11) is -4.02. The van der Waals surface area contributed by atoms with Gasteiger partial charge in [0.2, 0.25) is 10.0 Å². The summed E-state index contributed by atoms with van der Waals surface area (Å²) in [5.74, 6) is 0.858. The molecule has 1 unspecified atom stereocenters. The van der Waals surface area contributed by atoms with Crippen LogP contribution in [0.2, 0.25) is 0 Å². The van der Waals surface area contributed by atoms with Crippen molar-refractivity contribution in [1.29, 1.82) is 0 Å². The van der Waals surface area contributed by atoms with Gasteiger partial charge in [-0.15, -0.1) is 0 Å². The minimum Gasteiger partial charge on any atom is -0.458 e. The third-order valence-corrected chi connectivity index (χ3v) is 10.6. The normalized spacial score (nSPS) is 18.1. The molecular formula is C40H35N3O4S. The number of carbonyl (C=O) groups excluding carboxylic acids is 1. The van der Waals surface area contributed by atoms with Gasteiger partial charge in [-0.05, 0) is 60.0 Å². The summed E-state index contributed by atoms with van der Waals surface area (Å²) in [4.78, 5) is 13.0. The van der Waals surface area contributed by atoms with Crippen LogP contribution >= 0.6 is 0 Å². The number of furan rings is 1. The minimum absolute atomic E-state index is 0.170. The number of benzene rings is 5. The van der Waals surface area contributed by atoms with Crippen LogP contribution in [0.5, 0.6) is 0 Å². The van der Waals surface area contributed by atoms with Gasteiger partial charge in [-0.3, -0.25) is 10.1 Å². The van der Waals surface area contributed by atoms with Crippen molar-refractivity contribution in [3.05, 3.63) is 185 Å². The Labute approximate surface area is 280 Å². The van der Waals surface area contributed by atoms with E-state index >= 15 is 0 Å². The maximum Gasteiger partial charge on any atom is 0.251 e. The second kappa shape index (κ2) is 13.4. The van der Waals surface area contributed by atoms with Crippen LogP contribution in [0.4, 0.5) is 0 Å². The summed E-state index contributed by atoms with van der Waals surface area (Å²) in [6.07, 6.45) is -0.802. The predicted octanol–water partition coefficient (Wildman–Crippen LogP) is 7.96. The lowest BCUT2D eigenvalue weighted by Gasteiger charge is -2.29. The van der Waals surface area contributed by atoms with Gasteiger partial charge in [0, 0.05) is 17.7 Å². The topological polar surface area (TPSA) is 91.7 Å². The molecule has 1 aliphatic heterocycles. The second-order valence-electron chi connectivity index (χ2n) is 11.9. The Morgan fingerprint density at radius 2 is 1.33 bits per heavy atom. The molecule has 2 N–H and O–H groups in total. The van der Waals surface area contributed by atoms with Gasteiger partial charge in [-0.25, -0.2) is 8.42 Å². The van der Waals surface area contributed by atoms with E-state index in [1.165, 1.54) is 0 Å². The number of hydrogen-bond donors (Lipinski definition) is 2. The molecule has 2 heterocycles. The van der Waals surface area contributed by atoms with Crippen LogP contribution in [-0.2, 0) is 16.6 Å². The maximum atomic E-state index is 14.6. The maximum absolute atomic E-state index is 14.6. The van der Waals surface area contributed by atoms with Gasteiger partial charge >= 0.3 is 0 Å². The van der Waals surface area contributed by atoms with Crippen molar-refractivity contribution in [1.82, 2.24) is 14.9 Å². The van der Waals surface area contributed by atoms with Crippen LogP contribution in [0.3, 0.4) is 0 Å². The van der Waals surface area contributed by atoms with E-state index in [2.05, 4.69) is 10.6 Å². The van der Waals surface area contributed by atoms with Crippen molar-refractivity contribution in [2.24, 2.45) is 0 Å². The summed E-state index contributed by atoms with van der Waals surface area (Å²) in [5.41, 5.74) is 5.13. The molecule has 1 saturated heterocycles. The molecule has 1 aliphatic rings. The largest absolute Gasteiger partial charge is 0.458 e. The number of rotatable bonds is 9. The molecule has 8 heteroatoms. The quantitative estimate of drug-likeness (QED) is 0.165. The SMILES string of the molecule is Cc1ccc(S(=O)(=O)N2C(c3ccc(-c4ccc(C(=O)NCc5ccccc5)cc4)o3)N[C@H](c3ccccc3)[C@H]2c2ccccc2)cc1. The van der Waals surface area contributed by atoms with Crippen molar-refractivity contribution in [2.75, 3.05) is 0 Å². The third-order valence-electron chi connectivity index (χ3n) is 8.70. The van der Waals surface area contributed by atoms with Gasteiger partial charge in [-0.1, -0.05) is 121 Å². The molecule has 1 amide bonds. The van der Waals surface area contributed by atoms with Crippen molar-refractivity contribution >= 4 is 15.9 Å². The van der Waals surface area contributed by atoms with Gasteiger partial charge in [-0.2, -0.15) is 4.31 Å². The van der Waals surface area contributed by atoms with Crippen LogP contribution < -0.4 is 10.6 Å². The Morgan fingerprint density at radius 1 is 0.729 bits per heavy atom.